The lowest BCUT2D eigenvalue weighted by Gasteiger charge is -1.96. The van der Waals surface area contributed by atoms with E-state index in [1.807, 2.05) is 0 Å². The maximum atomic E-state index is 10.5. The molecular formula is C8H6ClN5O2. The van der Waals surface area contributed by atoms with Crippen LogP contribution in [0.1, 0.15) is 0 Å². The van der Waals surface area contributed by atoms with Crippen LogP contribution in [0.4, 0.5) is 5.82 Å². The monoisotopic (exact) mass is 239 g/mol. The maximum Gasteiger partial charge on any atom is 0.390 e. The van der Waals surface area contributed by atoms with Crippen molar-refractivity contribution in [1.29, 1.82) is 0 Å². The van der Waals surface area contributed by atoms with Crippen LogP contribution >= 0.6 is 11.6 Å². The highest BCUT2D eigenvalue weighted by Gasteiger charge is 2.17. The van der Waals surface area contributed by atoms with E-state index in [2.05, 4.69) is 15.1 Å². The molecule has 0 saturated carbocycles. The molecule has 0 fully saturated rings. The van der Waals surface area contributed by atoms with Gasteiger partial charge < -0.3 is 10.1 Å². The zero-order chi connectivity index (χ0) is 11.7. The topological polar surface area (TPSA) is 86.7 Å². The molecule has 82 valence electrons. The number of hydrogen-bond acceptors (Lipinski definition) is 5. The summed E-state index contributed by atoms with van der Waals surface area (Å²) >= 11 is 5.70. The van der Waals surface area contributed by atoms with Crippen LogP contribution in [0.2, 0.25) is 5.15 Å². The summed E-state index contributed by atoms with van der Waals surface area (Å²) in [5, 5.41) is 14.5. The van der Waals surface area contributed by atoms with E-state index < -0.39 is 4.92 Å². The summed E-state index contributed by atoms with van der Waals surface area (Å²) in [4.78, 5) is 17.7. The first-order valence-electron chi connectivity index (χ1n) is 4.24. The second kappa shape index (κ2) is 3.86. The number of aromatic nitrogens is 4. The summed E-state index contributed by atoms with van der Waals surface area (Å²) in [7, 11) is 1.60. The van der Waals surface area contributed by atoms with Crippen LogP contribution in [0.3, 0.4) is 0 Å². The average molecular weight is 240 g/mol. The van der Waals surface area contributed by atoms with E-state index in [4.69, 9.17) is 11.6 Å². The van der Waals surface area contributed by atoms with Crippen LogP contribution in [-0.4, -0.2) is 24.7 Å². The molecule has 0 aliphatic heterocycles. The van der Waals surface area contributed by atoms with Crippen molar-refractivity contribution in [2.75, 3.05) is 0 Å². The lowest BCUT2D eigenvalue weighted by atomic mass is 10.3. The predicted molar refractivity (Wildman–Crippen MR) is 55.9 cm³/mol. The lowest BCUT2D eigenvalue weighted by molar-refractivity contribution is -0.389. The van der Waals surface area contributed by atoms with Gasteiger partial charge in [0.05, 0.1) is 23.9 Å². The van der Waals surface area contributed by atoms with Crippen LogP contribution in [0.5, 0.6) is 0 Å². The van der Waals surface area contributed by atoms with Crippen LogP contribution < -0.4 is 0 Å². The summed E-state index contributed by atoms with van der Waals surface area (Å²) in [6.45, 7) is 0. The van der Waals surface area contributed by atoms with E-state index >= 15 is 0 Å². The van der Waals surface area contributed by atoms with Gasteiger partial charge in [-0.05, 0) is 4.92 Å². The molecule has 0 N–H and O–H groups in total. The van der Waals surface area contributed by atoms with Gasteiger partial charge in [0.2, 0.25) is 0 Å². The second-order valence-corrected chi connectivity index (χ2v) is 3.38. The molecule has 2 aromatic heterocycles. The largest absolute Gasteiger partial charge is 0.390 e. The Morgan fingerprint density at radius 3 is 2.75 bits per heavy atom. The third kappa shape index (κ3) is 1.84. The SMILES string of the molecule is Cn1nc([N+](=O)[O-])cc1-c1cc(Cl)ncn1. The first-order valence-corrected chi connectivity index (χ1v) is 4.62. The molecule has 2 aromatic rings. The van der Waals surface area contributed by atoms with Crippen LogP contribution in [0.15, 0.2) is 18.5 Å². The van der Waals surface area contributed by atoms with E-state index in [1.54, 1.807) is 7.05 Å². The van der Waals surface area contributed by atoms with E-state index in [9.17, 15) is 10.1 Å². The van der Waals surface area contributed by atoms with Gasteiger partial charge in [0.1, 0.15) is 17.2 Å². The Morgan fingerprint density at radius 1 is 1.44 bits per heavy atom. The number of hydrogen-bond donors (Lipinski definition) is 0. The highest BCUT2D eigenvalue weighted by atomic mass is 35.5. The van der Waals surface area contributed by atoms with Gasteiger partial charge in [-0.25, -0.2) is 9.97 Å². The summed E-state index contributed by atoms with van der Waals surface area (Å²) < 4.78 is 1.37. The van der Waals surface area contributed by atoms with Crippen molar-refractivity contribution in [2.24, 2.45) is 7.05 Å². The van der Waals surface area contributed by atoms with Crippen LogP contribution in [0, 0.1) is 10.1 Å². The van der Waals surface area contributed by atoms with Crippen LogP contribution in [-0.2, 0) is 7.05 Å². The summed E-state index contributed by atoms with van der Waals surface area (Å²) in [6.07, 6.45) is 1.29. The number of nitrogens with zero attached hydrogens (tertiary/aromatic N) is 5. The minimum Gasteiger partial charge on any atom is -0.358 e. The average Bonchev–Trinajstić information content (AvgIpc) is 2.60. The van der Waals surface area contributed by atoms with Gasteiger partial charge in [-0.3, -0.25) is 0 Å². The molecule has 0 unspecified atom stereocenters. The molecule has 7 nitrogen and oxygen atoms in total. The minimum absolute atomic E-state index is 0.229. The van der Waals surface area contributed by atoms with Gasteiger partial charge >= 0.3 is 5.82 Å². The zero-order valence-corrected chi connectivity index (χ0v) is 8.92. The van der Waals surface area contributed by atoms with Gasteiger partial charge in [0, 0.05) is 6.07 Å². The molecule has 0 aliphatic carbocycles. The smallest absolute Gasteiger partial charge is 0.358 e. The summed E-state index contributed by atoms with van der Waals surface area (Å²) in [5.41, 5.74) is 0.999. The van der Waals surface area contributed by atoms with E-state index in [0.29, 0.717) is 11.4 Å². The zero-order valence-electron chi connectivity index (χ0n) is 8.16. The van der Waals surface area contributed by atoms with Crippen molar-refractivity contribution < 1.29 is 4.92 Å². The fraction of sp³-hybridized carbons (Fsp3) is 0.125. The highest BCUT2D eigenvalue weighted by molar-refractivity contribution is 6.29. The van der Waals surface area contributed by atoms with E-state index in [0.717, 1.165) is 0 Å². The van der Waals surface area contributed by atoms with Gasteiger partial charge in [-0.2, -0.15) is 4.68 Å². The number of halogens is 1. The summed E-state index contributed by atoms with van der Waals surface area (Å²) in [5.74, 6) is -0.229. The number of rotatable bonds is 2. The fourth-order valence-electron chi connectivity index (χ4n) is 1.25. The predicted octanol–water partition coefficient (Wildman–Crippen LogP) is 1.44. The van der Waals surface area contributed by atoms with Crippen molar-refractivity contribution in [3.63, 3.8) is 0 Å². The normalized spacial score (nSPS) is 10.4. The van der Waals surface area contributed by atoms with Crippen molar-refractivity contribution in [2.45, 2.75) is 0 Å². The third-order valence-corrected chi connectivity index (χ3v) is 2.16. The fourth-order valence-corrected chi connectivity index (χ4v) is 1.40. The molecule has 0 saturated heterocycles. The van der Waals surface area contributed by atoms with Gasteiger partial charge in [-0.1, -0.05) is 11.6 Å². The molecular weight excluding hydrogens is 234 g/mol. The van der Waals surface area contributed by atoms with Crippen LogP contribution in [0.25, 0.3) is 11.4 Å². The molecule has 2 heterocycles. The maximum absolute atomic E-state index is 10.5. The Labute approximate surface area is 94.9 Å². The number of nitro groups is 1. The molecule has 0 spiro atoms. The first kappa shape index (κ1) is 10.5. The molecule has 8 heteroatoms. The quantitative estimate of drug-likeness (QED) is 0.450. The molecule has 16 heavy (non-hydrogen) atoms. The third-order valence-electron chi connectivity index (χ3n) is 1.95. The molecule has 0 radical (unpaired) electrons. The van der Waals surface area contributed by atoms with Crippen molar-refractivity contribution in [3.05, 3.63) is 33.7 Å². The highest BCUT2D eigenvalue weighted by Crippen LogP contribution is 2.22. The van der Waals surface area contributed by atoms with Gasteiger partial charge in [-0.15, -0.1) is 0 Å². The number of aryl methyl sites for hydroxylation is 1. The molecule has 0 atom stereocenters. The Balaban J connectivity index is 2.52. The van der Waals surface area contributed by atoms with Crippen molar-refractivity contribution in [3.8, 4) is 11.4 Å². The summed E-state index contributed by atoms with van der Waals surface area (Å²) in [6, 6.07) is 2.85. The van der Waals surface area contributed by atoms with Gasteiger partial charge in [0.15, 0.2) is 0 Å². The molecule has 0 aliphatic rings. The van der Waals surface area contributed by atoms with Crippen molar-refractivity contribution >= 4 is 17.4 Å². The molecule has 2 rings (SSSR count). The Kier molecular flexibility index (Phi) is 2.53. The standard InChI is InChI=1S/C8H6ClN5O2/c1-13-6(3-8(12-13)14(15)16)5-2-7(9)11-4-10-5/h2-4H,1H3. The first-order chi connectivity index (χ1) is 7.58. The van der Waals surface area contributed by atoms with E-state index in [-0.39, 0.29) is 11.0 Å². The minimum atomic E-state index is -0.563. The van der Waals surface area contributed by atoms with Gasteiger partial charge in [0.25, 0.3) is 0 Å². The molecule has 0 bridgehead atoms. The molecule has 0 aromatic carbocycles. The van der Waals surface area contributed by atoms with Crippen molar-refractivity contribution in [1.82, 2.24) is 19.7 Å². The molecule has 0 amide bonds. The Morgan fingerprint density at radius 2 is 2.19 bits per heavy atom. The Bertz CT molecular complexity index is 553. The van der Waals surface area contributed by atoms with E-state index in [1.165, 1.54) is 23.1 Å². The Hall–Kier alpha value is -2.02. The lowest BCUT2D eigenvalue weighted by Crippen LogP contribution is -1.96. The second-order valence-electron chi connectivity index (χ2n) is 2.99.